The quantitative estimate of drug-likeness (QED) is 0.799. The lowest BCUT2D eigenvalue weighted by Gasteiger charge is -2.32. The smallest absolute Gasteiger partial charge is 0.360 e. The second kappa shape index (κ2) is 7.01. The van der Waals surface area contributed by atoms with Gasteiger partial charge in [0.25, 0.3) is 0 Å². The Kier molecular flexibility index (Phi) is 5.61. The van der Waals surface area contributed by atoms with E-state index in [-0.39, 0.29) is 10.8 Å². The first kappa shape index (κ1) is 19.2. The molecule has 2 rings (SSSR count). The largest absolute Gasteiger partial charge is 0.407 e. The number of alkyl halides is 3. The second-order valence-corrected chi connectivity index (χ2v) is 7.85. The number of benzene rings is 1. The van der Waals surface area contributed by atoms with Gasteiger partial charge in [0.05, 0.1) is 11.5 Å². The van der Waals surface area contributed by atoms with Crippen LogP contribution in [0.3, 0.4) is 0 Å². The molecular formula is C16H22F3NO3S. The molecule has 24 heavy (non-hydrogen) atoms. The normalized spacial score (nSPS) is 23.1. The van der Waals surface area contributed by atoms with Gasteiger partial charge in [0, 0.05) is 0 Å². The number of aryl methyl sites for hydroxylation is 1. The Morgan fingerprint density at radius 3 is 2.21 bits per heavy atom. The van der Waals surface area contributed by atoms with Crippen molar-refractivity contribution in [1.29, 1.82) is 0 Å². The third kappa shape index (κ3) is 3.60. The Morgan fingerprint density at radius 1 is 1.21 bits per heavy atom. The molecular weight excluding hydrogens is 343 g/mol. The van der Waals surface area contributed by atoms with Gasteiger partial charge in [0.2, 0.25) is 10.0 Å². The number of hydrogen-bond donors (Lipinski definition) is 0. The van der Waals surface area contributed by atoms with Crippen LogP contribution >= 0.6 is 0 Å². The fourth-order valence-corrected chi connectivity index (χ4v) is 4.67. The lowest BCUT2D eigenvalue weighted by molar-refractivity contribution is -0.165. The van der Waals surface area contributed by atoms with E-state index >= 15 is 0 Å². The Balaban J connectivity index is 2.50. The van der Waals surface area contributed by atoms with Crippen LogP contribution in [0.4, 0.5) is 13.2 Å². The SMILES string of the molecule is CCC(CC)[C@H]1OC[C@@H](C(F)(F)F)N1S(=O)(=O)c1ccc(C)cc1. The van der Waals surface area contributed by atoms with Crippen LogP contribution in [-0.4, -0.2) is 37.8 Å². The summed E-state index contributed by atoms with van der Waals surface area (Å²) in [7, 11) is -4.31. The van der Waals surface area contributed by atoms with Gasteiger partial charge in [-0.25, -0.2) is 8.42 Å². The average Bonchev–Trinajstić information content (AvgIpc) is 2.95. The monoisotopic (exact) mass is 365 g/mol. The molecule has 1 aliphatic rings. The van der Waals surface area contributed by atoms with E-state index in [1.807, 2.05) is 13.8 Å². The molecule has 0 aliphatic carbocycles. The highest BCUT2D eigenvalue weighted by molar-refractivity contribution is 7.89. The first-order valence-electron chi connectivity index (χ1n) is 7.91. The summed E-state index contributed by atoms with van der Waals surface area (Å²) in [6.45, 7) is 4.74. The minimum Gasteiger partial charge on any atom is -0.360 e. The highest BCUT2D eigenvalue weighted by Gasteiger charge is 2.56. The summed E-state index contributed by atoms with van der Waals surface area (Å²) in [6, 6.07) is 3.65. The summed E-state index contributed by atoms with van der Waals surface area (Å²) in [5, 5.41) is 0. The molecule has 1 aromatic rings. The van der Waals surface area contributed by atoms with Crippen LogP contribution in [-0.2, 0) is 14.8 Å². The molecule has 0 aromatic heterocycles. The summed E-state index contributed by atoms with van der Waals surface area (Å²) in [6.07, 6.45) is -4.71. The van der Waals surface area contributed by atoms with Crippen LogP contribution in [0, 0.1) is 12.8 Å². The summed E-state index contributed by atoms with van der Waals surface area (Å²) in [4.78, 5) is -0.149. The predicted molar refractivity (Wildman–Crippen MR) is 83.9 cm³/mol. The molecule has 136 valence electrons. The molecule has 0 spiro atoms. The van der Waals surface area contributed by atoms with Gasteiger partial charge < -0.3 is 4.74 Å². The topological polar surface area (TPSA) is 46.6 Å². The standard InChI is InChI=1S/C16H22F3NO3S/c1-4-12(5-2)15-20(14(10-23-15)16(17,18)19)24(21,22)13-8-6-11(3)7-9-13/h6-9,12,14-15H,4-5,10H2,1-3H3/t14-,15+/m0/s1. The van der Waals surface area contributed by atoms with Crippen molar-refractivity contribution in [2.75, 3.05) is 6.61 Å². The van der Waals surface area contributed by atoms with Gasteiger partial charge >= 0.3 is 6.18 Å². The lowest BCUT2D eigenvalue weighted by atomic mass is 10.0. The Labute approximate surface area is 140 Å². The fourth-order valence-electron chi connectivity index (χ4n) is 2.92. The Morgan fingerprint density at radius 2 is 1.75 bits per heavy atom. The van der Waals surface area contributed by atoms with Crippen molar-refractivity contribution in [2.24, 2.45) is 5.92 Å². The second-order valence-electron chi connectivity index (χ2n) is 6.01. The highest BCUT2D eigenvalue weighted by Crippen LogP contribution is 2.39. The molecule has 0 saturated carbocycles. The molecule has 0 amide bonds. The van der Waals surface area contributed by atoms with Gasteiger partial charge in [0.1, 0.15) is 12.3 Å². The van der Waals surface area contributed by atoms with E-state index in [0.717, 1.165) is 5.56 Å². The van der Waals surface area contributed by atoms with Crippen LogP contribution in [0.5, 0.6) is 0 Å². The molecule has 1 saturated heterocycles. The highest BCUT2D eigenvalue weighted by atomic mass is 32.2. The molecule has 8 heteroatoms. The van der Waals surface area contributed by atoms with E-state index < -0.39 is 35.1 Å². The van der Waals surface area contributed by atoms with Gasteiger partial charge in [-0.15, -0.1) is 0 Å². The predicted octanol–water partition coefficient (Wildman–Crippen LogP) is 3.71. The molecule has 1 aromatic carbocycles. The number of sulfonamides is 1. The average molecular weight is 365 g/mol. The van der Waals surface area contributed by atoms with E-state index in [2.05, 4.69) is 0 Å². The van der Waals surface area contributed by atoms with E-state index in [4.69, 9.17) is 4.74 Å². The molecule has 2 atom stereocenters. The van der Waals surface area contributed by atoms with Crippen LogP contribution < -0.4 is 0 Å². The minimum atomic E-state index is -4.68. The number of rotatable bonds is 5. The maximum atomic E-state index is 13.4. The van der Waals surface area contributed by atoms with E-state index in [9.17, 15) is 21.6 Å². The summed E-state index contributed by atoms with van der Waals surface area (Å²) >= 11 is 0. The molecule has 0 unspecified atom stereocenters. The van der Waals surface area contributed by atoms with E-state index in [1.54, 1.807) is 19.1 Å². The molecule has 0 N–H and O–H groups in total. The number of ether oxygens (including phenoxy) is 1. The zero-order chi connectivity index (χ0) is 18.1. The molecule has 1 heterocycles. The minimum absolute atomic E-state index is 0.149. The van der Waals surface area contributed by atoms with Crippen molar-refractivity contribution in [2.45, 2.75) is 57.0 Å². The molecule has 0 radical (unpaired) electrons. The van der Waals surface area contributed by atoms with Crippen LogP contribution in [0.2, 0.25) is 0 Å². The first-order valence-corrected chi connectivity index (χ1v) is 9.35. The van der Waals surface area contributed by atoms with Crippen LogP contribution in [0.15, 0.2) is 29.2 Å². The van der Waals surface area contributed by atoms with Crippen molar-refractivity contribution in [3.8, 4) is 0 Å². The maximum Gasteiger partial charge on any atom is 0.407 e. The first-order chi connectivity index (χ1) is 11.1. The molecule has 1 fully saturated rings. The number of hydrogen-bond acceptors (Lipinski definition) is 3. The van der Waals surface area contributed by atoms with Gasteiger partial charge in [-0.05, 0) is 37.8 Å². The van der Waals surface area contributed by atoms with Crippen molar-refractivity contribution in [3.63, 3.8) is 0 Å². The lowest BCUT2D eigenvalue weighted by Crippen LogP contribution is -2.50. The zero-order valence-electron chi connectivity index (χ0n) is 13.9. The summed E-state index contributed by atoms with van der Waals surface area (Å²) in [5.41, 5.74) is 0.829. The van der Waals surface area contributed by atoms with Crippen LogP contribution in [0.25, 0.3) is 0 Å². The molecule has 4 nitrogen and oxygen atoms in total. The summed E-state index contributed by atoms with van der Waals surface area (Å²) < 4.78 is 71.8. The molecule has 1 aliphatic heterocycles. The third-order valence-electron chi connectivity index (χ3n) is 4.41. The zero-order valence-corrected chi connectivity index (χ0v) is 14.7. The van der Waals surface area contributed by atoms with Gasteiger partial charge in [-0.1, -0.05) is 31.5 Å². The fraction of sp³-hybridized carbons (Fsp3) is 0.625. The summed E-state index contributed by atoms with van der Waals surface area (Å²) in [5.74, 6) is -0.294. The number of halogens is 3. The third-order valence-corrected chi connectivity index (χ3v) is 6.29. The van der Waals surface area contributed by atoms with Gasteiger partial charge in [-0.3, -0.25) is 0 Å². The van der Waals surface area contributed by atoms with Crippen molar-refractivity contribution < 1.29 is 26.3 Å². The van der Waals surface area contributed by atoms with Gasteiger partial charge in [0.15, 0.2) is 0 Å². The van der Waals surface area contributed by atoms with Crippen molar-refractivity contribution >= 4 is 10.0 Å². The van der Waals surface area contributed by atoms with Crippen molar-refractivity contribution in [3.05, 3.63) is 29.8 Å². The van der Waals surface area contributed by atoms with Gasteiger partial charge in [-0.2, -0.15) is 17.5 Å². The maximum absolute atomic E-state index is 13.4. The molecule has 0 bridgehead atoms. The van der Waals surface area contributed by atoms with Crippen molar-refractivity contribution in [1.82, 2.24) is 4.31 Å². The Hall–Kier alpha value is -1.12. The van der Waals surface area contributed by atoms with Crippen LogP contribution in [0.1, 0.15) is 32.3 Å². The number of nitrogens with zero attached hydrogens (tertiary/aromatic N) is 1. The Bertz CT molecular complexity index is 654. The van der Waals surface area contributed by atoms with E-state index in [1.165, 1.54) is 12.1 Å². The van der Waals surface area contributed by atoms with E-state index in [0.29, 0.717) is 17.1 Å².